The first-order valence-corrected chi connectivity index (χ1v) is 8.27. The third kappa shape index (κ3) is 2.36. The molecule has 0 fully saturated rings. The van der Waals surface area contributed by atoms with Crippen LogP contribution in [0.25, 0.3) is 0 Å². The molecule has 0 saturated heterocycles. The average molecular weight is 286 g/mol. The third-order valence-corrected chi connectivity index (χ3v) is 5.37. The van der Waals surface area contributed by atoms with Crippen LogP contribution in [0.5, 0.6) is 0 Å². The van der Waals surface area contributed by atoms with E-state index in [0.717, 1.165) is 19.4 Å². The Kier molecular flexibility index (Phi) is 3.81. The Labute approximate surface area is 125 Å². The first-order valence-electron chi connectivity index (χ1n) is 7.39. The van der Waals surface area contributed by atoms with Gasteiger partial charge >= 0.3 is 0 Å². The molecule has 1 aliphatic heterocycles. The van der Waals surface area contributed by atoms with E-state index in [1.807, 2.05) is 11.3 Å². The van der Waals surface area contributed by atoms with Gasteiger partial charge in [-0.15, -0.1) is 11.3 Å². The number of thiophene rings is 1. The SMILES string of the molecule is CCC(N)c1ccc(N2CCc3sccc3C2C)cc1. The molecule has 3 heteroatoms. The van der Waals surface area contributed by atoms with E-state index in [1.54, 1.807) is 4.88 Å². The Morgan fingerprint density at radius 3 is 2.75 bits per heavy atom. The number of benzene rings is 1. The summed E-state index contributed by atoms with van der Waals surface area (Å²) in [6.07, 6.45) is 2.14. The highest BCUT2D eigenvalue weighted by molar-refractivity contribution is 7.10. The third-order valence-electron chi connectivity index (χ3n) is 4.37. The van der Waals surface area contributed by atoms with Gasteiger partial charge in [-0.25, -0.2) is 0 Å². The summed E-state index contributed by atoms with van der Waals surface area (Å²) in [4.78, 5) is 4.05. The number of rotatable bonds is 3. The van der Waals surface area contributed by atoms with Gasteiger partial charge in [0.05, 0.1) is 6.04 Å². The van der Waals surface area contributed by atoms with E-state index in [1.165, 1.54) is 16.8 Å². The molecule has 20 heavy (non-hydrogen) atoms. The average Bonchev–Trinajstić information content (AvgIpc) is 2.96. The van der Waals surface area contributed by atoms with Gasteiger partial charge in [0.1, 0.15) is 0 Å². The second kappa shape index (κ2) is 5.58. The lowest BCUT2D eigenvalue weighted by Crippen LogP contribution is -2.33. The maximum absolute atomic E-state index is 6.09. The Hall–Kier alpha value is -1.32. The van der Waals surface area contributed by atoms with Crippen molar-refractivity contribution in [1.29, 1.82) is 0 Å². The number of nitrogens with two attached hydrogens (primary N) is 1. The highest BCUT2D eigenvalue weighted by Gasteiger charge is 2.24. The van der Waals surface area contributed by atoms with Crippen molar-refractivity contribution in [3.05, 3.63) is 51.7 Å². The lowest BCUT2D eigenvalue weighted by atomic mass is 9.99. The van der Waals surface area contributed by atoms with Gasteiger partial charge in [0, 0.05) is 23.2 Å². The normalized spacial score (nSPS) is 19.8. The molecule has 2 heterocycles. The van der Waals surface area contributed by atoms with Crippen LogP contribution in [0.15, 0.2) is 35.7 Å². The van der Waals surface area contributed by atoms with Crippen LogP contribution < -0.4 is 10.6 Å². The Morgan fingerprint density at radius 2 is 2.05 bits per heavy atom. The maximum atomic E-state index is 6.09. The number of nitrogens with zero attached hydrogens (tertiary/aromatic N) is 1. The first kappa shape index (κ1) is 13.7. The van der Waals surface area contributed by atoms with Crippen molar-refractivity contribution in [2.75, 3.05) is 11.4 Å². The van der Waals surface area contributed by atoms with E-state index in [4.69, 9.17) is 5.73 Å². The van der Waals surface area contributed by atoms with Crippen molar-refractivity contribution in [1.82, 2.24) is 0 Å². The van der Waals surface area contributed by atoms with E-state index in [9.17, 15) is 0 Å². The molecule has 3 rings (SSSR count). The zero-order valence-corrected chi connectivity index (χ0v) is 13.0. The lowest BCUT2D eigenvalue weighted by molar-refractivity contribution is 0.632. The number of anilines is 1. The fourth-order valence-electron chi connectivity index (χ4n) is 3.01. The fraction of sp³-hybridized carbons (Fsp3) is 0.412. The molecular formula is C17H22N2S. The van der Waals surface area contributed by atoms with Crippen LogP contribution in [-0.4, -0.2) is 6.54 Å². The predicted molar refractivity (Wildman–Crippen MR) is 87.4 cm³/mol. The lowest BCUT2D eigenvalue weighted by Gasteiger charge is -2.35. The summed E-state index contributed by atoms with van der Waals surface area (Å²) < 4.78 is 0. The van der Waals surface area contributed by atoms with Gasteiger partial charge in [0.15, 0.2) is 0 Å². The van der Waals surface area contributed by atoms with Crippen LogP contribution in [0.2, 0.25) is 0 Å². The topological polar surface area (TPSA) is 29.3 Å². The summed E-state index contributed by atoms with van der Waals surface area (Å²) in [5.74, 6) is 0. The van der Waals surface area contributed by atoms with E-state index in [-0.39, 0.29) is 6.04 Å². The van der Waals surface area contributed by atoms with Crippen molar-refractivity contribution >= 4 is 17.0 Å². The van der Waals surface area contributed by atoms with Gasteiger partial charge in [0.2, 0.25) is 0 Å². The van der Waals surface area contributed by atoms with Crippen LogP contribution in [-0.2, 0) is 6.42 Å². The molecule has 2 unspecified atom stereocenters. The van der Waals surface area contributed by atoms with Gasteiger partial charge in [-0.2, -0.15) is 0 Å². The minimum Gasteiger partial charge on any atom is -0.364 e. The van der Waals surface area contributed by atoms with Crippen LogP contribution in [0, 0.1) is 0 Å². The van der Waals surface area contributed by atoms with Crippen molar-refractivity contribution in [2.24, 2.45) is 5.73 Å². The first-order chi connectivity index (χ1) is 9.70. The summed E-state index contributed by atoms with van der Waals surface area (Å²) in [6, 6.07) is 11.7. The standard InChI is InChI=1S/C17H22N2S/c1-3-16(18)13-4-6-14(7-5-13)19-10-8-17-15(12(19)2)9-11-20-17/h4-7,9,11-12,16H,3,8,10,18H2,1-2H3. The molecule has 1 aromatic carbocycles. The van der Waals surface area contributed by atoms with Gasteiger partial charge in [-0.3, -0.25) is 0 Å². The molecule has 2 aromatic rings. The molecular weight excluding hydrogens is 264 g/mol. The molecule has 0 spiro atoms. The smallest absolute Gasteiger partial charge is 0.0525 e. The summed E-state index contributed by atoms with van der Waals surface area (Å²) in [6.45, 7) is 5.54. The molecule has 0 saturated carbocycles. The zero-order chi connectivity index (χ0) is 14.1. The van der Waals surface area contributed by atoms with Gasteiger partial charge in [-0.05, 0) is 54.5 Å². The number of hydrogen-bond acceptors (Lipinski definition) is 3. The molecule has 106 valence electrons. The summed E-state index contributed by atoms with van der Waals surface area (Å²) in [5, 5.41) is 2.22. The quantitative estimate of drug-likeness (QED) is 0.912. The molecule has 0 radical (unpaired) electrons. The van der Waals surface area contributed by atoms with E-state index in [0.29, 0.717) is 6.04 Å². The fourth-order valence-corrected chi connectivity index (χ4v) is 3.97. The van der Waals surface area contributed by atoms with E-state index >= 15 is 0 Å². The Morgan fingerprint density at radius 1 is 1.30 bits per heavy atom. The maximum Gasteiger partial charge on any atom is 0.0525 e. The van der Waals surface area contributed by atoms with Crippen molar-refractivity contribution in [3.63, 3.8) is 0 Å². The van der Waals surface area contributed by atoms with Gasteiger partial charge in [-0.1, -0.05) is 19.1 Å². The van der Waals surface area contributed by atoms with Crippen molar-refractivity contribution in [3.8, 4) is 0 Å². The van der Waals surface area contributed by atoms with Crippen LogP contribution in [0.3, 0.4) is 0 Å². The molecule has 1 aromatic heterocycles. The van der Waals surface area contributed by atoms with Crippen molar-refractivity contribution in [2.45, 2.75) is 38.8 Å². The Bertz CT molecular complexity index is 573. The minimum absolute atomic E-state index is 0.159. The van der Waals surface area contributed by atoms with Crippen LogP contribution in [0.1, 0.15) is 48.4 Å². The molecule has 1 aliphatic rings. The monoisotopic (exact) mass is 286 g/mol. The Balaban J connectivity index is 1.83. The number of fused-ring (bicyclic) bond motifs is 1. The molecule has 2 nitrogen and oxygen atoms in total. The van der Waals surface area contributed by atoms with Gasteiger partial charge < -0.3 is 10.6 Å². The zero-order valence-electron chi connectivity index (χ0n) is 12.2. The second-order valence-corrected chi connectivity index (χ2v) is 6.53. The van der Waals surface area contributed by atoms with E-state index < -0.39 is 0 Å². The molecule has 0 aliphatic carbocycles. The van der Waals surface area contributed by atoms with Crippen LogP contribution in [0.4, 0.5) is 5.69 Å². The molecule has 2 N–H and O–H groups in total. The van der Waals surface area contributed by atoms with Crippen LogP contribution >= 0.6 is 11.3 Å². The molecule has 2 atom stereocenters. The highest BCUT2D eigenvalue weighted by atomic mass is 32.1. The highest BCUT2D eigenvalue weighted by Crippen LogP contribution is 2.36. The summed E-state index contributed by atoms with van der Waals surface area (Å²) in [5.41, 5.74) is 10.1. The van der Waals surface area contributed by atoms with E-state index in [2.05, 4.69) is 54.5 Å². The second-order valence-electron chi connectivity index (χ2n) is 5.52. The largest absolute Gasteiger partial charge is 0.364 e. The predicted octanol–water partition coefficient (Wildman–Crippen LogP) is 4.28. The summed E-state index contributed by atoms with van der Waals surface area (Å²) in [7, 11) is 0. The van der Waals surface area contributed by atoms with Gasteiger partial charge in [0.25, 0.3) is 0 Å². The minimum atomic E-state index is 0.159. The molecule has 0 amide bonds. The molecule has 0 bridgehead atoms. The van der Waals surface area contributed by atoms with Crippen molar-refractivity contribution < 1.29 is 0 Å². The number of hydrogen-bond donors (Lipinski definition) is 1. The summed E-state index contributed by atoms with van der Waals surface area (Å²) >= 11 is 1.89.